The van der Waals surface area contributed by atoms with Crippen molar-refractivity contribution >= 4 is 57.0 Å². The molecule has 0 saturated heterocycles. The van der Waals surface area contributed by atoms with Crippen LogP contribution in [-0.2, 0) is 19.1 Å². The van der Waals surface area contributed by atoms with Crippen LogP contribution in [0.25, 0.3) is 11.1 Å². The third kappa shape index (κ3) is 3.90. The Kier molecular flexibility index (Phi) is 6.65. The van der Waals surface area contributed by atoms with Gasteiger partial charge in [0.05, 0.1) is 22.5 Å². The highest BCUT2D eigenvalue weighted by Gasteiger charge is 2.35. The maximum atomic E-state index is 13.6. The lowest BCUT2D eigenvalue weighted by molar-refractivity contribution is -0.113. The molecule has 6 nitrogen and oxygen atoms in total. The van der Waals surface area contributed by atoms with Crippen LogP contribution in [0.2, 0.25) is 0 Å². The first-order valence-corrected chi connectivity index (χ1v) is 13.0. The van der Waals surface area contributed by atoms with Gasteiger partial charge < -0.3 is 19.3 Å². The fraction of sp³-hybridized carbons (Fsp3) is 0.308. The predicted octanol–water partition coefficient (Wildman–Crippen LogP) is 2.97. The number of anilines is 2. The molecular formula is C26H26N2O4S2. The first kappa shape index (κ1) is 23.0. The Morgan fingerprint density at radius 1 is 0.735 bits per heavy atom. The van der Waals surface area contributed by atoms with Gasteiger partial charge in [0.2, 0.25) is 0 Å². The lowest BCUT2D eigenvalue weighted by atomic mass is 10.1. The zero-order valence-electron chi connectivity index (χ0n) is 19.2. The number of thiophene rings is 2. The fourth-order valence-electron chi connectivity index (χ4n) is 4.64. The van der Waals surface area contributed by atoms with E-state index in [-0.39, 0.29) is 11.8 Å². The zero-order valence-corrected chi connectivity index (χ0v) is 20.8. The van der Waals surface area contributed by atoms with Crippen LogP contribution >= 0.6 is 22.7 Å². The summed E-state index contributed by atoms with van der Waals surface area (Å²) in [5.74, 6) is 0.0133. The van der Waals surface area contributed by atoms with Gasteiger partial charge in [-0.05, 0) is 47.9 Å². The van der Waals surface area contributed by atoms with Gasteiger partial charge in [-0.3, -0.25) is 9.59 Å². The summed E-state index contributed by atoms with van der Waals surface area (Å²) in [4.78, 5) is 32.8. The maximum Gasteiger partial charge on any atom is 0.260 e. The Bertz CT molecular complexity index is 1230. The molecule has 2 aliphatic heterocycles. The van der Waals surface area contributed by atoms with E-state index in [2.05, 4.69) is 0 Å². The largest absolute Gasteiger partial charge is 0.385 e. The molecule has 2 aromatic heterocycles. The van der Waals surface area contributed by atoms with E-state index >= 15 is 0 Å². The quantitative estimate of drug-likeness (QED) is 0.407. The number of nitrogens with zero attached hydrogens (tertiary/aromatic N) is 2. The summed E-state index contributed by atoms with van der Waals surface area (Å²) in [6.45, 7) is 2.29. The number of hydrogen-bond acceptors (Lipinski definition) is 6. The first-order chi connectivity index (χ1) is 16.7. The lowest BCUT2D eigenvalue weighted by Crippen LogP contribution is -2.31. The second kappa shape index (κ2) is 9.84. The van der Waals surface area contributed by atoms with Crippen molar-refractivity contribution in [3.05, 3.63) is 67.3 Å². The minimum atomic E-state index is 0.00663. The van der Waals surface area contributed by atoms with Crippen molar-refractivity contribution < 1.29 is 19.1 Å². The van der Waals surface area contributed by atoms with Crippen molar-refractivity contribution in [3.8, 4) is 0 Å². The third-order valence-corrected chi connectivity index (χ3v) is 7.92. The molecule has 0 radical (unpaired) electrons. The van der Waals surface area contributed by atoms with Crippen molar-refractivity contribution in [1.29, 1.82) is 0 Å². The van der Waals surface area contributed by atoms with Gasteiger partial charge in [-0.2, -0.15) is 0 Å². The Labute approximate surface area is 206 Å². The van der Waals surface area contributed by atoms with E-state index in [1.54, 1.807) is 36.9 Å². The van der Waals surface area contributed by atoms with Crippen LogP contribution in [-0.4, -0.2) is 52.3 Å². The molecule has 0 aliphatic carbocycles. The predicted molar refractivity (Wildman–Crippen MR) is 137 cm³/mol. The monoisotopic (exact) mass is 494 g/mol. The standard InChI is InChI=1S/C26H26N2O4S2/c1-31-11-5-9-27-19-15-18-20(16-17(19)23(25(27)29)21-7-3-13-33-21)28(10-6-12-32-2)26(30)24(18)22-8-4-14-34-22/h3-4,7-8,13-16H,5-6,9-12H2,1-2H3. The summed E-state index contributed by atoms with van der Waals surface area (Å²) in [6.07, 6.45) is 1.47. The van der Waals surface area contributed by atoms with Crippen molar-refractivity contribution in [2.45, 2.75) is 12.8 Å². The highest BCUT2D eigenvalue weighted by Crippen LogP contribution is 2.32. The van der Waals surface area contributed by atoms with Gasteiger partial charge in [-0.25, -0.2) is 0 Å². The van der Waals surface area contributed by atoms with Gasteiger partial charge in [0, 0.05) is 60.7 Å². The molecule has 8 heteroatoms. The number of fused-ring (bicyclic) bond motifs is 2. The average Bonchev–Trinajstić information content (AvgIpc) is 3.62. The first-order valence-electron chi connectivity index (χ1n) is 11.3. The van der Waals surface area contributed by atoms with Gasteiger partial charge in [0.1, 0.15) is 0 Å². The van der Waals surface area contributed by atoms with Gasteiger partial charge in [0.15, 0.2) is 0 Å². The molecular weight excluding hydrogens is 468 g/mol. The van der Waals surface area contributed by atoms with Gasteiger partial charge in [-0.1, -0.05) is 12.1 Å². The zero-order chi connectivity index (χ0) is 23.7. The second-order valence-corrected chi connectivity index (χ2v) is 10.1. The molecule has 0 fully saturated rings. The number of ether oxygens (including phenoxy) is 2. The number of hydrogen-bond donors (Lipinski definition) is 0. The summed E-state index contributed by atoms with van der Waals surface area (Å²) in [7, 11) is 3.34. The Morgan fingerprint density at radius 2 is 1.18 bits per heavy atom. The van der Waals surface area contributed by atoms with Crippen LogP contribution in [0.3, 0.4) is 0 Å². The van der Waals surface area contributed by atoms with Crippen molar-refractivity contribution in [2.24, 2.45) is 0 Å². The summed E-state index contributed by atoms with van der Waals surface area (Å²) < 4.78 is 10.5. The summed E-state index contributed by atoms with van der Waals surface area (Å²) in [5, 5.41) is 5.75. The Morgan fingerprint density at radius 3 is 1.53 bits per heavy atom. The normalized spacial score (nSPS) is 15.0. The molecule has 0 bridgehead atoms. The Hall–Kier alpha value is -2.78. The van der Waals surface area contributed by atoms with Crippen LogP contribution < -0.4 is 20.2 Å². The van der Waals surface area contributed by atoms with Crippen LogP contribution in [0, 0.1) is 0 Å². The summed E-state index contributed by atoms with van der Waals surface area (Å²) in [5.41, 5.74) is 3.14. The van der Waals surface area contributed by atoms with E-state index in [1.165, 1.54) is 0 Å². The molecule has 1 aromatic carbocycles. The summed E-state index contributed by atoms with van der Waals surface area (Å²) in [6, 6.07) is 12.0. The van der Waals surface area contributed by atoms with Crippen molar-refractivity contribution in [1.82, 2.24) is 0 Å². The number of rotatable bonds is 10. The second-order valence-electron chi connectivity index (χ2n) is 8.20. The highest BCUT2D eigenvalue weighted by molar-refractivity contribution is 7.11. The molecule has 5 rings (SSSR count). The molecule has 0 saturated carbocycles. The Balaban J connectivity index is 1.72. The fourth-order valence-corrected chi connectivity index (χ4v) is 6.19. The molecule has 176 valence electrons. The number of benzene rings is 1. The molecule has 4 heterocycles. The maximum absolute atomic E-state index is 13.6. The molecule has 2 aliphatic rings. The molecule has 0 unspecified atom stereocenters. The number of amides is 2. The minimum absolute atomic E-state index is 0.00663. The number of carbonyl (C=O) groups is 2. The van der Waals surface area contributed by atoms with Crippen LogP contribution in [0.4, 0.5) is 11.4 Å². The smallest absolute Gasteiger partial charge is 0.260 e. The van der Waals surface area contributed by atoms with Crippen LogP contribution in [0.1, 0.15) is 22.6 Å². The van der Waals surface area contributed by atoms with E-state index in [9.17, 15) is 9.59 Å². The minimum Gasteiger partial charge on any atom is -0.385 e. The molecule has 0 spiro atoms. The number of methoxy groups -OCH3 is 2. The van der Waals surface area contributed by atoms with Gasteiger partial charge >= 0.3 is 0 Å². The SMILES string of the molecule is COCCCN1C(=O)C(c2cccs2)=c2cc3c(cc21)=C(c1cccs1)C(=O)N3CCCOC. The van der Waals surface area contributed by atoms with E-state index in [0.717, 1.165) is 44.4 Å². The molecule has 0 atom stereocenters. The number of carbonyl (C=O) groups excluding carboxylic acids is 2. The van der Waals surface area contributed by atoms with Crippen molar-refractivity contribution in [3.63, 3.8) is 0 Å². The van der Waals surface area contributed by atoms with Crippen LogP contribution in [0.15, 0.2) is 47.2 Å². The van der Waals surface area contributed by atoms with Crippen LogP contribution in [0.5, 0.6) is 0 Å². The third-order valence-electron chi connectivity index (χ3n) is 6.15. The van der Waals surface area contributed by atoms with Crippen molar-refractivity contribution in [2.75, 3.05) is 50.3 Å². The molecule has 2 amide bonds. The highest BCUT2D eigenvalue weighted by atomic mass is 32.1. The lowest BCUT2D eigenvalue weighted by Gasteiger charge is -2.20. The average molecular weight is 495 g/mol. The molecule has 34 heavy (non-hydrogen) atoms. The summed E-state index contributed by atoms with van der Waals surface area (Å²) >= 11 is 3.12. The van der Waals surface area contributed by atoms with E-state index in [1.807, 2.05) is 57.0 Å². The van der Waals surface area contributed by atoms with E-state index in [0.29, 0.717) is 37.4 Å². The van der Waals surface area contributed by atoms with E-state index < -0.39 is 0 Å². The molecule has 0 N–H and O–H groups in total. The molecule has 3 aromatic rings. The van der Waals surface area contributed by atoms with Gasteiger partial charge in [0.25, 0.3) is 11.8 Å². The van der Waals surface area contributed by atoms with Gasteiger partial charge in [-0.15, -0.1) is 22.7 Å². The van der Waals surface area contributed by atoms with E-state index in [4.69, 9.17) is 9.47 Å². The topological polar surface area (TPSA) is 59.1 Å².